The van der Waals surface area contributed by atoms with Gasteiger partial charge in [0.05, 0.1) is 5.69 Å². The van der Waals surface area contributed by atoms with E-state index >= 15 is 0 Å². The SMILES string of the molecule is Cc1cc(-n2c(C)cc(C=Nc3ccc(Nc4ccccc4)cc3)c2C)ccc1I. The average Bonchev–Trinajstić information content (AvgIpc) is 3.03. The first-order chi connectivity index (χ1) is 14.5. The third kappa shape index (κ3) is 4.49. The van der Waals surface area contributed by atoms with Crippen LogP contribution < -0.4 is 5.32 Å². The van der Waals surface area contributed by atoms with Crippen molar-refractivity contribution in [3.05, 3.63) is 105 Å². The largest absolute Gasteiger partial charge is 0.356 e. The number of hydrogen-bond acceptors (Lipinski definition) is 2. The number of anilines is 2. The monoisotopic (exact) mass is 505 g/mol. The molecule has 4 heteroatoms. The zero-order chi connectivity index (χ0) is 21.1. The number of aromatic nitrogens is 1. The number of rotatable bonds is 5. The minimum absolute atomic E-state index is 0.934. The molecule has 0 unspecified atom stereocenters. The van der Waals surface area contributed by atoms with Gasteiger partial charge >= 0.3 is 0 Å². The molecule has 4 aromatic rings. The summed E-state index contributed by atoms with van der Waals surface area (Å²) in [6, 6.07) is 27.1. The van der Waals surface area contributed by atoms with E-state index < -0.39 is 0 Å². The highest BCUT2D eigenvalue weighted by molar-refractivity contribution is 14.1. The number of aryl methyl sites for hydroxylation is 2. The zero-order valence-electron chi connectivity index (χ0n) is 17.4. The number of halogens is 1. The van der Waals surface area contributed by atoms with Crippen LogP contribution in [0.15, 0.2) is 83.9 Å². The fourth-order valence-electron chi connectivity index (χ4n) is 3.55. The molecule has 3 aromatic carbocycles. The van der Waals surface area contributed by atoms with Crippen LogP contribution in [0.3, 0.4) is 0 Å². The van der Waals surface area contributed by atoms with Gasteiger partial charge in [0, 0.05) is 43.8 Å². The molecule has 0 aliphatic heterocycles. The van der Waals surface area contributed by atoms with Crippen molar-refractivity contribution in [2.75, 3.05) is 5.32 Å². The van der Waals surface area contributed by atoms with Crippen LogP contribution in [0.1, 0.15) is 22.5 Å². The molecule has 1 N–H and O–H groups in total. The summed E-state index contributed by atoms with van der Waals surface area (Å²) in [4.78, 5) is 4.70. The Morgan fingerprint density at radius 1 is 0.833 bits per heavy atom. The van der Waals surface area contributed by atoms with E-state index in [0.29, 0.717) is 0 Å². The van der Waals surface area contributed by atoms with Gasteiger partial charge in [-0.1, -0.05) is 18.2 Å². The summed E-state index contributed by atoms with van der Waals surface area (Å²) in [6.07, 6.45) is 1.96. The van der Waals surface area contributed by atoms with Crippen molar-refractivity contribution >= 4 is 45.9 Å². The summed E-state index contributed by atoms with van der Waals surface area (Å²) in [5.41, 5.74) is 9.08. The Hall–Kier alpha value is -2.86. The molecule has 3 nitrogen and oxygen atoms in total. The minimum atomic E-state index is 0.934. The van der Waals surface area contributed by atoms with Gasteiger partial charge in [-0.15, -0.1) is 0 Å². The Morgan fingerprint density at radius 2 is 1.53 bits per heavy atom. The predicted molar refractivity (Wildman–Crippen MR) is 136 cm³/mol. The van der Waals surface area contributed by atoms with E-state index in [9.17, 15) is 0 Å². The second-order valence-corrected chi connectivity index (χ2v) is 8.55. The molecule has 0 saturated carbocycles. The maximum absolute atomic E-state index is 4.70. The van der Waals surface area contributed by atoms with Crippen LogP contribution in [0.25, 0.3) is 5.69 Å². The molecule has 4 rings (SSSR count). The van der Waals surface area contributed by atoms with Gasteiger partial charge < -0.3 is 9.88 Å². The third-order valence-corrected chi connectivity index (χ3v) is 6.36. The maximum atomic E-state index is 4.70. The molecule has 1 aromatic heterocycles. The first-order valence-electron chi connectivity index (χ1n) is 9.93. The van der Waals surface area contributed by atoms with Crippen LogP contribution in [-0.4, -0.2) is 10.8 Å². The summed E-state index contributed by atoms with van der Waals surface area (Å²) in [7, 11) is 0. The number of hydrogen-bond donors (Lipinski definition) is 1. The molecule has 0 amide bonds. The number of benzene rings is 3. The number of nitrogens with zero attached hydrogens (tertiary/aromatic N) is 2. The van der Waals surface area contributed by atoms with Crippen LogP contribution in [0.5, 0.6) is 0 Å². The van der Waals surface area contributed by atoms with Crippen molar-refractivity contribution in [3.8, 4) is 5.69 Å². The summed E-state index contributed by atoms with van der Waals surface area (Å²) in [5.74, 6) is 0. The van der Waals surface area contributed by atoms with Crippen molar-refractivity contribution in [3.63, 3.8) is 0 Å². The Balaban J connectivity index is 1.53. The first-order valence-corrected chi connectivity index (χ1v) is 11.0. The van der Waals surface area contributed by atoms with Crippen LogP contribution in [0.4, 0.5) is 17.1 Å². The van der Waals surface area contributed by atoms with E-state index in [2.05, 4.69) is 102 Å². The second kappa shape index (κ2) is 8.88. The zero-order valence-corrected chi connectivity index (χ0v) is 19.5. The van der Waals surface area contributed by atoms with Gasteiger partial charge in [-0.05, 0) is 110 Å². The van der Waals surface area contributed by atoms with Gasteiger partial charge in [0.15, 0.2) is 0 Å². The van der Waals surface area contributed by atoms with Gasteiger partial charge in [0.1, 0.15) is 0 Å². The number of aliphatic imine (C=N–C) groups is 1. The lowest BCUT2D eigenvalue weighted by Crippen LogP contribution is -2.00. The van der Waals surface area contributed by atoms with Gasteiger partial charge in [0.25, 0.3) is 0 Å². The standard InChI is InChI=1S/C26H24IN3/c1-18-15-25(13-14-26(18)27)30-19(2)16-21(20(30)3)17-28-22-9-11-24(12-10-22)29-23-7-5-4-6-8-23/h4-17,29H,1-3H3. The van der Waals surface area contributed by atoms with Crippen molar-refractivity contribution < 1.29 is 0 Å². The summed E-state index contributed by atoms with van der Waals surface area (Å²) < 4.78 is 3.57. The maximum Gasteiger partial charge on any atom is 0.0631 e. The fraction of sp³-hybridized carbons (Fsp3) is 0.115. The second-order valence-electron chi connectivity index (χ2n) is 7.39. The molecule has 0 spiro atoms. The summed E-state index contributed by atoms with van der Waals surface area (Å²) in [5, 5.41) is 3.40. The molecule has 0 aliphatic carbocycles. The Labute approximate surface area is 191 Å². The average molecular weight is 505 g/mol. The van der Waals surface area contributed by atoms with E-state index in [0.717, 1.165) is 22.6 Å². The minimum Gasteiger partial charge on any atom is -0.356 e. The van der Waals surface area contributed by atoms with E-state index in [-0.39, 0.29) is 0 Å². The molecular weight excluding hydrogens is 481 g/mol. The lowest BCUT2D eigenvalue weighted by Gasteiger charge is -2.11. The highest BCUT2D eigenvalue weighted by atomic mass is 127. The Kier molecular flexibility index (Phi) is 6.04. The Morgan fingerprint density at radius 3 is 2.23 bits per heavy atom. The quantitative estimate of drug-likeness (QED) is 0.221. The molecule has 0 saturated heterocycles. The van der Waals surface area contributed by atoms with Crippen molar-refractivity contribution in [1.82, 2.24) is 4.57 Å². The van der Waals surface area contributed by atoms with E-state index in [1.165, 1.54) is 26.2 Å². The van der Waals surface area contributed by atoms with Crippen LogP contribution in [0.2, 0.25) is 0 Å². The van der Waals surface area contributed by atoms with Crippen molar-refractivity contribution in [1.29, 1.82) is 0 Å². The number of nitrogens with one attached hydrogen (secondary N) is 1. The van der Waals surface area contributed by atoms with Crippen LogP contribution in [0, 0.1) is 24.3 Å². The Bertz CT molecular complexity index is 1190. The van der Waals surface area contributed by atoms with Crippen LogP contribution in [-0.2, 0) is 0 Å². The molecular formula is C26H24IN3. The van der Waals surface area contributed by atoms with E-state index in [1.54, 1.807) is 0 Å². The molecule has 0 atom stereocenters. The molecule has 0 radical (unpaired) electrons. The molecule has 1 heterocycles. The van der Waals surface area contributed by atoms with E-state index in [1.807, 2.05) is 36.5 Å². The lowest BCUT2D eigenvalue weighted by atomic mass is 10.2. The van der Waals surface area contributed by atoms with Gasteiger partial charge in [-0.3, -0.25) is 4.99 Å². The predicted octanol–water partition coefficient (Wildman–Crippen LogP) is 7.50. The van der Waals surface area contributed by atoms with Crippen molar-refractivity contribution in [2.45, 2.75) is 20.8 Å². The van der Waals surface area contributed by atoms with Gasteiger partial charge in [0.2, 0.25) is 0 Å². The normalized spacial score (nSPS) is 11.2. The van der Waals surface area contributed by atoms with Gasteiger partial charge in [-0.25, -0.2) is 0 Å². The van der Waals surface area contributed by atoms with Crippen molar-refractivity contribution in [2.24, 2.45) is 4.99 Å². The summed E-state index contributed by atoms with van der Waals surface area (Å²) >= 11 is 2.38. The van der Waals surface area contributed by atoms with Gasteiger partial charge in [-0.2, -0.15) is 0 Å². The first kappa shape index (κ1) is 20.4. The summed E-state index contributed by atoms with van der Waals surface area (Å²) in [6.45, 7) is 6.44. The fourth-order valence-corrected chi connectivity index (χ4v) is 3.88. The van der Waals surface area contributed by atoms with E-state index in [4.69, 9.17) is 4.99 Å². The topological polar surface area (TPSA) is 29.3 Å². The molecule has 0 aliphatic rings. The third-order valence-electron chi connectivity index (χ3n) is 5.15. The van der Waals surface area contributed by atoms with Crippen LogP contribution >= 0.6 is 22.6 Å². The highest BCUT2D eigenvalue weighted by Crippen LogP contribution is 2.24. The molecule has 0 bridgehead atoms. The smallest absolute Gasteiger partial charge is 0.0631 e. The molecule has 150 valence electrons. The lowest BCUT2D eigenvalue weighted by molar-refractivity contribution is 0.962. The highest BCUT2D eigenvalue weighted by Gasteiger charge is 2.10. The molecule has 30 heavy (non-hydrogen) atoms. The molecule has 0 fully saturated rings. The number of para-hydroxylation sites is 1.